The maximum Gasteiger partial charge on any atom is 0.184 e. The number of rotatable bonds is 9. The molecule has 1 aliphatic heterocycles. The Hall–Kier alpha value is -2.50. The van der Waals surface area contributed by atoms with Gasteiger partial charge in [0.2, 0.25) is 0 Å². The summed E-state index contributed by atoms with van der Waals surface area (Å²) < 4.78 is 24.9. The molecular formula is C27H30O4. The second kappa shape index (κ2) is 11.2. The SMILES string of the molecule is CC1O[C@@H](OCc2ccccc2)C(OCc2ccccc2)C[C@H]1OCc1ccccc1. The molecule has 4 atom stereocenters. The van der Waals surface area contributed by atoms with Crippen molar-refractivity contribution in [3.05, 3.63) is 108 Å². The van der Waals surface area contributed by atoms with Gasteiger partial charge in [-0.3, -0.25) is 0 Å². The van der Waals surface area contributed by atoms with Crippen LogP contribution >= 0.6 is 0 Å². The topological polar surface area (TPSA) is 36.9 Å². The molecule has 1 aliphatic rings. The summed E-state index contributed by atoms with van der Waals surface area (Å²) >= 11 is 0. The Kier molecular flexibility index (Phi) is 7.86. The van der Waals surface area contributed by atoms with Crippen molar-refractivity contribution in [3.8, 4) is 0 Å². The summed E-state index contributed by atoms with van der Waals surface area (Å²) in [5.41, 5.74) is 3.40. The zero-order valence-electron chi connectivity index (χ0n) is 17.9. The Labute approximate surface area is 184 Å². The fourth-order valence-electron chi connectivity index (χ4n) is 3.72. The van der Waals surface area contributed by atoms with Crippen LogP contribution in [0.15, 0.2) is 91.0 Å². The third-order valence-corrected chi connectivity index (χ3v) is 5.51. The van der Waals surface area contributed by atoms with E-state index in [0.717, 1.165) is 23.1 Å². The molecule has 0 aliphatic carbocycles. The minimum Gasteiger partial charge on any atom is -0.371 e. The number of ether oxygens (including phenoxy) is 4. The van der Waals surface area contributed by atoms with Crippen molar-refractivity contribution in [2.24, 2.45) is 0 Å². The first kappa shape index (κ1) is 21.7. The van der Waals surface area contributed by atoms with Crippen LogP contribution in [-0.2, 0) is 38.8 Å². The predicted octanol–water partition coefficient (Wildman–Crippen LogP) is 5.51. The second-order valence-electron chi connectivity index (χ2n) is 7.91. The van der Waals surface area contributed by atoms with Gasteiger partial charge in [-0.15, -0.1) is 0 Å². The average Bonchev–Trinajstić information content (AvgIpc) is 2.83. The van der Waals surface area contributed by atoms with E-state index >= 15 is 0 Å². The largest absolute Gasteiger partial charge is 0.371 e. The molecule has 4 nitrogen and oxygen atoms in total. The molecule has 0 saturated carbocycles. The van der Waals surface area contributed by atoms with Crippen LogP contribution in [0.4, 0.5) is 0 Å². The lowest BCUT2D eigenvalue weighted by atomic mass is 10.0. The molecule has 0 radical (unpaired) electrons. The zero-order chi connectivity index (χ0) is 21.3. The summed E-state index contributed by atoms with van der Waals surface area (Å²) in [6.45, 7) is 3.60. The molecule has 0 aromatic heterocycles. The quantitative estimate of drug-likeness (QED) is 0.459. The van der Waals surface area contributed by atoms with Crippen molar-refractivity contribution in [1.82, 2.24) is 0 Å². The van der Waals surface area contributed by atoms with E-state index in [0.29, 0.717) is 19.8 Å². The Morgan fingerprint density at radius 1 is 0.613 bits per heavy atom. The van der Waals surface area contributed by atoms with Gasteiger partial charge in [0.25, 0.3) is 0 Å². The van der Waals surface area contributed by atoms with Crippen molar-refractivity contribution in [2.75, 3.05) is 0 Å². The van der Waals surface area contributed by atoms with Crippen molar-refractivity contribution >= 4 is 0 Å². The Balaban J connectivity index is 1.39. The molecule has 31 heavy (non-hydrogen) atoms. The normalized spacial score (nSPS) is 23.5. The van der Waals surface area contributed by atoms with E-state index in [4.69, 9.17) is 18.9 Å². The second-order valence-corrected chi connectivity index (χ2v) is 7.91. The summed E-state index contributed by atoms with van der Waals surface area (Å²) in [6.07, 6.45) is -0.0599. The van der Waals surface area contributed by atoms with E-state index < -0.39 is 6.29 Å². The highest BCUT2D eigenvalue weighted by molar-refractivity contribution is 5.15. The number of hydrogen-bond acceptors (Lipinski definition) is 4. The first-order valence-corrected chi connectivity index (χ1v) is 10.9. The molecule has 0 amide bonds. The molecule has 4 heteroatoms. The molecule has 1 heterocycles. The summed E-state index contributed by atoms with van der Waals surface area (Å²) in [4.78, 5) is 0. The zero-order valence-corrected chi connectivity index (χ0v) is 17.9. The van der Waals surface area contributed by atoms with Crippen molar-refractivity contribution in [1.29, 1.82) is 0 Å². The van der Waals surface area contributed by atoms with Crippen LogP contribution in [-0.4, -0.2) is 24.6 Å². The summed E-state index contributed by atoms with van der Waals surface area (Å²) in [5.74, 6) is 0. The average molecular weight is 419 g/mol. The number of hydrogen-bond donors (Lipinski definition) is 0. The van der Waals surface area contributed by atoms with E-state index in [1.807, 2.05) is 61.5 Å². The van der Waals surface area contributed by atoms with Crippen LogP contribution in [0.2, 0.25) is 0 Å². The first-order valence-electron chi connectivity index (χ1n) is 10.9. The lowest BCUT2D eigenvalue weighted by Gasteiger charge is -2.39. The molecule has 3 aromatic carbocycles. The minimum atomic E-state index is -0.435. The van der Waals surface area contributed by atoms with Crippen molar-refractivity contribution in [2.45, 2.75) is 57.8 Å². The molecule has 1 saturated heterocycles. The van der Waals surface area contributed by atoms with Gasteiger partial charge in [0.05, 0.1) is 32.0 Å². The lowest BCUT2D eigenvalue weighted by Crippen LogP contribution is -2.49. The molecule has 162 valence electrons. The van der Waals surface area contributed by atoms with Gasteiger partial charge in [-0.1, -0.05) is 91.0 Å². The van der Waals surface area contributed by atoms with Gasteiger partial charge in [0, 0.05) is 6.42 Å². The lowest BCUT2D eigenvalue weighted by molar-refractivity contribution is -0.283. The molecule has 0 N–H and O–H groups in total. The fraction of sp³-hybridized carbons (Fsp3) is 0.333. The van der Waals surface area contributed by atoms with Crippen molar-refractivity contribution in [3.63, 3.8) is 0 Å². The van der Waals surface area contributed by atoms with Gasteiger partial charge < -0.3 is 18.9 Å². The highest BCUT2D eigenvalue weighted by atomic mass is 16.7. The number of benzene rings is 3. The van der Waals surface area contributed by atoms with E-state index in [1.54, 1.807) is 0 Å². The smallest absolute Gasteiger partial charge is 0.184 e. The molecule has 2 unspecified atom stereocenters. The van der Waals surface area contributed by atoms with E-state index in [1.165, 1.54) is 0 Å². The standard InChI is InChI=1S/C27H30O4/c1-21-25(28-18-22-11-5-2-6-12-22)17-26(29-19-23-13-7-3-8-14-23)27(31-21)30-20-24-15-9-4-10-16-24/h2-16,21,25-27H,17-20H2,1H3/t21?,25-,26?,27-/m1/s1. The minimum absolute atomic E-state index is 0.0578. The Bertz CT molecular complexity index is 885. The third-order valence-electron chi connectivity index (χ3n) is 5.51. The van der Waals surface area contributed by atoms with Gasteiger partial charge in [-0.25, -0.2) is 0 Å². The van der Waals surface area contributed by atoms with Crippen LogP contribution in [0.5, 0.6) is 0 Å². The van der Waals surface area contributed by atoms with Gasteiger partial charge in [-0.2, -0.15) is 0 Å². The summed E-state index contributed by atoms with van der Waals surface area (Å²) in [7, 11) is 0. The molecule has 0 bridgehead atoms. The van der Waals surface area contributed by atoms with Crippen LogP contribution in [0, 0.1) is 0 Å². The third kappa shape index (κ3) is 6.49. The van der Waals surface area contributed by atoms with E-state index in [9.17, 15) is 0 Å². The van der Waals surface area contributed by atoms with Crippen LogP contribution in [0.1, 0.15) is 30.0 Å². The maximum atomic E-state index is 6.27. The molecular weight excluding hydrogens is 388 g/mol. The van der Waals surface area contributed by atoms with Crippen molar-refractivity contribution < 1.29 is 18.9 Å². The first-order chi connectivity index (χ1) is 15.3. The maximum absolute atomic E-state index is 6.27. The van der Waals surface area contributed by atoms with Crippen LogP contribution in [0.25, 0.3) is 0 Å². The van der Waals surface area contributed by atoms with Gasteiger partial charge in [-0.05, 0) is 23.6 Å². The highest BCUT2D eigenvalue weighted by Crippen LogP contribution is 2.28. The molecule has 3 aromatic rings. The molecule has 4 rings (SSSR count). The van der Waals surface area contributed by atoms with Crippen LogP contribution < -0.4 is 0 Å². The van der Waals surface area contributed by atoms with Gasteiger partial charge in [0.1, 0.15) is 6.10 Å². The van der Waals surface area contributed by atoms with E-state index in [-0.39, 0.29) is 18.3 Å². The summed E-state index contributed by atoms with van der Waals surface area (Å²) in [6, 6.07) is 30.5. The van der Waals surface area contributed by atoms with Gasteiger partial charge in [0.15, 0.2) is 6.29 Å². The molecule has 0 spiro atoms. The highest BCUT2D eigenvalue weighted by Gasteiger charge is 2.38. The van der Waals surface area contributed by atoms with E-state index in [2.05, 4.69) is 36.4 Å². The Morgan fingerprint density at radius 2 is 1.03 bits per heavy atom. The monoisotopic (exact) mass is 418 g/mol. The van der Waals surface area contributed by atoms with Crippen LogP contribution in [0.3, 0.4) is 0 Å². The molecule has 1 fully saturated rings. The summed E-state index contributed by atoms with van der Waals surface area (Å²) in [5, 5.41) is 0. The van der Waals surface area contributed by atoms with Gasteiger partial charge >= 0.3 is 0 Å². The fourth-order valence-corrected chi connectivity index (χ4v) is 3.72. The Morgan fingerprint density at radius 3 is 1.52 bits per heavy atom. The predicted molar refractivity (Wildman–Crippen MR) is 120 cm³/mol.